The summed E-state index contributed by atoms with van der Waals surface area (Å²) in [6.07, 6.45) is 2.04. The van der Waals surface area contributed by atoms with Gasteiger partial charge in [0.15, 0.2) is 16.3 Å². The van der Waals surface area contributed by atoms with Crippen molar-refractivity contribution in [1.82, 2.24) is 4.57 Å². The zero-order chi connectivity index (χ0) is 19.0. The average molecular weight is 380 g/mol. The summed E-state index contributed by atoms with van der Waals surface area (Å²) < 4.78 is 13.8. The summed E-state index contributed by atoms with van der Waals surface area (Å²) in [6.45, 7) is 8.85. The third kappa shape index (κ3) is 3.40. The van der Waals surface area contributed by atoms with Gasteiger partial charge in [0.2, 0.25) is 6.79 Å². The lowest BCUT2D eigenvalue weighted by Gasteiger charge is -2.04. The molecule has 0 saturated carbocycles. The number of fused-ring (bicyclic) bond motifs is 2. The number of allylic oxidation sites excluding steroid dienone is 1. The van der Waals surface area contributed by atoms with E-state index < -0.39 is 0 Å². The molecule has 1 aliphatic rings. The van der Waals surface area contributed by atoms with Gasteiger partial charge in [0.25, 0.3) is 5.91 Å². The van der Waals surface area contributed by atoms with Crippen LogP contribution in [-0.2, 0) is 17.8 Å². The summed E-state index contributed by atoms with van der Waals surface area (Å²) in [4.78, 5) is 17.7. The van der Waals surface area contributed by atoms with Gasteiger partial charge in [0.05, 0.1) is 16.6 Å². The molecule has 138 valence electrons. The molecule has 1 aliphatic heterocycles. The highest BCUT2D eigenvalue weighted by Gasteiger charge is 2.15. The molecular formula is C21H20N2O3S. The summed E-state index contributed by atoms with van der Waals surface area (Å²) in [6, 6.07) is 9.83. The fourth-order valence-electron chi connectivity index (χ4n) is 3.08. The van der Waals surface area contributed by atoms with Gasteiger partial charge in [-0.25, -0.2) is 0 Å². The maximum Gasteiger partial charge on any atom is 0.252 e. The Bertz CT molecular complexity index is 1120. The molecule has 0 atom stereocenters. The van der Waals surface area contributed by atoms with E-state index in [9.17, 15) is 4.79 Å². The van der Waals surface area contributed by atoms with Crippen LogP contribution in [0.5, 0.6) is 11.5 Å². The van der Waals surface area contributed by atoms with E-state index in [-0.39, 0.29) is 19.1 Å². The number of benzene rings is 2. The van der Waals surface area contributed by atoms with E-state index in [1.807, 2.05) is 28.8 Å². The number of amides is 1. The fourth-order valence-corrected chi connectivity index (χ4v) is 4.22. The van der Waals surface area contributed by atoms with E-state index in [1.54, 1.807) is 0 Å². The van der Waals surface area contributed by atoms with Gasteiger partial charge in [-0.1, -0.05) is 23.5 Å². The Morgan fingerprint density at radius 3 is 2.81 bits per heavy atom. The molecule has 1 amide bonds. The van der Waals surface area contributed by atoms with Crippen molar-refractivity contribution in [2.45, 2.75) is 26.8 Å². The topological polar surface area (TPSA) is 52.8 Å². The van der Waals surface area contributed by atoms with Crippen molar-refractivity contribution in [2.75, 3.05) is 6.79 Å². The van der Waals surface area contributed by atoms with Crippen molar-refractivity contribution in [1.29, 1.82) is 0 Å². The Balaban J connectivity index is 1.69. The molecule has 0 saturated heterocycles. The summed E-state index contributed by atoms with van der Waals surface area (Å²) >= 11 is 1.53. The average Bonchev–Trinajstić information content (AvgIpc) is 3.21. The first kappa shape index (κ1) is 17.5. The predicted octanol–water partition coefficient (Wildman–Crippen LogP) is 3.90. The second kappa shape index (κ2) is 7.04. The number of hydrogen-bond acceptors (Lipinski definition) is 4. The molecule has 0 N–H and O–H groups in total. The van der Waals surface area contributed by atoms with Crippen LogP contribution in [-0.4, -0.2) is 17.3 Å². The number of carbonyl (C=O) groups is 1. The summed E-state index contributed by atoms with van der Waals surface area (Å²) in [7, 11) is 0. The molecule has 2 heterocycles. The SMILES string of the molecule is C=CCn1c(=NC(=O)Cc2ccc3c(c2)OCO3)sc2cc(C)c(C)cc21. The monoisotopic (exact) mass is 380 g/mol. The quantitative estimate of drug-likeness (QED) is 0.645. The van der Waals surface area contributed by atoms with Crippen molar-refractivity contribution >= 4 is 27.5 Å². The molecule has 0 unspecified atom stereocenters. The predicted molar refractivity (Wildman–Crippen MR) is 106 cm³/mol. The molecular weight excluding hydrogens is 360 g/mol. The highest BCUT2D eigenvalue weighted by atomic mass is 32.1. The minimum atomic E-state index is -0.188. The van der Waals surface area contributed by atoms with Crippen LogP contribution in [0.2, 0.25) is 0 Å². The number of rotatable bonds is 4. The molecule has 4 rings (SSSR count). The first-order valence-corrected chi connectivity index (χ1v) is 9.54. The molecule has 0 aliphatic carbocycles. The summed E-state index contributed by atoms with van der Waals surface area (Å²) in [5.74, 6) is 1.20. The molecule has 2 aromatic carbocycles. The maximum atomic E-state index is 12.6. The Kier molecular flexibility index (Phi) is 4.58. The second-order valence-corrected chi connectivity index (χ2v) is 7.57. The highest BCUT2D eigenvalue weighted by Crippen LogP contribution is 2.32. The molecule has 27 heavy (non-hydrogen) atoms. The van der Waals surface area contributed by atoms with Crippen LogP contribution >= 0.6 is 11.3 Å². The number of aromatic nitrogens is 1. The van der Waals surface area contributed by atoms with Crippen LogP contribution in [0, 0.1) is 13.8 Å². The zero-order valence-electron chi connectivity index (χ0n) is 15.3. The van der Waals surface area contributed by atoms with E-state index in [0.717, 1.165) is 15.8 Å². The van der Waals surface area contributed by atoms with Crippen LogP contribution in [0.1, 0.15) is 16.7 Å². The van der Waals surface area contributed by atoms with Crippen LogP contribution in [0.25, 0.3) is 10.2 Å². The summed E-state index contributed by atoms with van der Waals surface area (Å²) in [5, 5.41) is 0. The second-order valence-electron chi connectivity index (χ2n) is 6.56. The number of carbonyl (C=O) groups excluding carboxylic acids is 1. The Morgan fingerprint density at radius 1 is 1.22 bits per heavy atom. The lowest BCUT2D eigenvalue weighted by molar-refractivity contribution is -0.117. The van der Waals surface area contributed by atoms with Crippen LogP contribution in [0.4, 0.5) is 0 Å². The number of nitrogens with zero attached hydrogens (tertiary/aromatic N) is 2. The highest BCUT2D eigenvalue weighted by molar-refractivity contribution is 7.16. The van der Waals surface area contributed by atoms with Crippen molar-refractivity contribution < 1.29 is 14.3 Å². The Morgan fingerprint density at radius 2 is 2.00 bits per heavy atom. The van der Waals surface area contributed by atoms with Gasteiger partial charge in [0.1, 0.15) is 0 Å². The number of aryl methyl sites for hydroxylation is 2. The molecule has 0 spiro atoms. The molecule has 0 bridgehead atoms. The first-order chi connectivity index (χ1) is 13.0. The van der Waals surface area contributed by atoms with E-state index in [4.69, 9.17) is 9.47 Å². The van der Waals surface area contributed by atoms with Crippen molar-refractivity contribution in [2.24, 2.45) is 4.99 Å². The number of ether oxygens (including phenoxy) is 2. The van der Waals surface area contributed by atoms with Gasteiger partial charge >= 0.3 is 0 Å². The minimum absolute atomic E-state index is 0.188. The van der Waals surface area contributed by atoms with Crippen molar-refractivity contribution in [3.63, 3.8) is 0 Å². The standard InChI is InChI=1S/C21H20N2O3S/c1-4-7-23-16-8-13(2)14(3)9-19(16)27-21(23)22-20(24)11-15-5-6-17-18(10-15)26-12-25-17/h4-6,8-10H,1,7,11-12H2,2-3H3. The molecule has 6 heteroatoms. The van der Waals surface area contributed by atoms with E-state index in [2.05, 4.69) is 37.6 Å². The van der Waals surface area contributed by atoms with Crippen LogP contribution in [0.3, 0.4) is 0 Å². The van der Waals surface area contributed by atoms with Crippen molar-refractivity contribution in [3.05, 3.63) is 64.5 Å². The number of thiazole rings is 1. The van der Waals surface area contributed by atoms with Crippen LogP contribution < -0.4 is 14.3 Å². The lowest BCUT2D eigenvalue weighted by Crippen LogP contribution is -2.17. The smallest absolute Gasteiger partial charge is 0.252 e. The molecule has 5 nitrogen and oxygen atoms in total. The molecule has 1 aromatic heterocycles. The van der Waals surface area contributed by atoms with Gasteiger partial charge in [-0.05, 0) is 54.8 Å². The summed E-state index contributed by atoms with van der Waals surface area (Å²) in [5.41, 5.74) is 4.39. The zero-order valence-corrected chi connectivity index (χ0v) is 16.1. The third-order valence-electron chi connectivity index (χ3n) is 4.62. The Labute approximate surface area is 161 Å². The van der Waals surface area contributed by atoms with Gasteiger partial charge in [-0.15, -0.1) is 6.58 Å². The van der Waals surface area contributed by atoms with Gasteiger partial charge < -0.3 is 14.0 Å². The van der Waals surface area contributed by atoms with Gasteiger partial charge in [-0.3, -0.25) is 4.79 Å². The fraction of sp³-hybridized carbons (Fsp3) is 0.238. The molecule has 0 radical (unpaired) electrons. The van der Waals surface area contributed by atoms with E-state index in [0.29, 0.717) is 22.8 Å². The third-order valence-corrected chi connectivity index (χ3v) is 5.66. The normalized spacial score (nSPS) is 13.3. The molecule has 3 aromatic rings. The Hall–Kier alpha value is -2.86. The number of hydrogen-bond donors (Lipinski definition) is 0. The van der Waals surface area contributed by atoms with Crippen LogP contribution in [0.15, 0.2) is 48.0 Å². The maximum absolute atomic E-state index is 12.6. The molecule has 0 fully saturated rings. The van der Waals surface area contributed by atoms with E-state index in [1.165, 1.54) is 22.5 Å². The van der Waals surface area contributed by atoms with Gasteiger partial charge in [-0.2, -0.15) is 4.99 Å². The van der Waals surface area contributed by atoms with E-state index >= 15 is 0 Å². The largest absolute Gasteiger partial charge is 0.454 e. The van der Waals surface area contributed by atoms with Crippen molar-refractivity contribution in [3.8, 4) is 11.5 Å². The van der Waals surface area contributed by atoms with Gasteiger partial charge in [0, 0.05) is 6.54 Å². The lowest BCUT2D eigenvalue weighted by atomic mass is 10.1. The minimum Gasteiger partial charge on any atom is -0.454 e. The first-order valence-electron chi connectivity index (χ1n) is 8.72.